The first-order valence-corrected chi connectivity index (χ1v) is 7.80. The number of aromatic nitrogens is 2. The number of anilines is 2. The highest BCUT2D eigenvalue weighted by atomic mass is 16.5. The van der Waals surface area contributed by atoms with Crippen LogP contribution in [-0.2, 0) is 16.1 Å². The first-order chi connectivity index (χ1) is 12.2. The number of hydrogen-bond acceptors (Lipinski definition) is 7. The van der Waals surface area contributed by atoms with Crippen LogP contribution in [0.3, 0.4) is 0 Å². The Morgan fingerprint density at radius 3 is 2.62 bits per heavy atom. The summed E-state index contributed by atoms with van der Waals surface area (Å²) < 4.78 is 5.75. The van der Waals surface area contributed by atoms with Crippen molar-refractivity contribution in [1.29, 1.82) is 0 Å². The Bertz CT molecular complexity index is 905. The standard InChI is InChI=1S/C17H20N4O5/c1-9(2)20-15-16(24)21(8-14(22)23)13(7-19-15)10-4-11(17(25)26-3)6-12(18)5-10/h4-7,9H,8,18H2,1-3H3,(H,19,20)(H,22,23). The van der Waals surface area contributed by atoms with E-state index in [2.05, 4.69) is 15.0 Å². The van der Waals surface area contributed by atoms with E-state index in [1.807, 2.05) is 13.8 Å². The lowest BCUT2D eigenvalue weighted by molar-refractivity contribution is -0.137. The molecular weight excluding hydrogens is 340 g/mol. The summed E-state index contributed by atoms with van der Waals surface area (Å²) in [5.74, 6) is -1.74. The molecule has 1 heterocycles. The molecule has 0 bridgehead atoms. The van der Waals surface area contributed by atoms with Crippen LogP contribution in [0.5, 0.6) is 0 Å². The molecule has 138 valence electrons. The second-order valence-electron chi connectivity index (χ2n) is 5.91. The van der Waals surface area contributed by atoms with Crippen LogP contribution < -0.4 is 16.6 Å². The number of carboxylic acids is 1. The maximum absolute atomic E-state index is 12.6. The summed E-state index contributed by atoms with van der Waals surface area (Å²) in [5, 5.41) is 12.1. The Morgan fingerprint density at radius 2 is 2.04 bits per heavy atom. The van der Waals surface area contributed by atoms with E-state index in [1.54, 1.807) is 0 Å². The molecule has 0 aliphatic rings. The molecule has 2 aromatic rings. The number of carbonyl (C=O) groups is 2. The van der Waals surface area contributed by atoms with Gasteiger partial charge in [0.15, 0.2) is 5.82 Å². The van der Waals surface area contributed by atoms with Gasteiger partial charge in [-0.1, -0.05) is 0 Å². The number of carbonyl (C=O) groups excluding carboxylic acids is 1. The Labute approximate surface area is 149 Å². The van der Waals surface area contributed by atoms with Gasteiger partial charge in [0.2, 0.25) is 0 Å². The van der Waals surface area contributed by atoms with E-state index in [0.29, 0.717) is 5.56 Å². The number of esters is 1. The summed E-state index contributed by atoms with van der Waals surface area (Å²) in [5.41, 5.74) is 6.30. The molecule has 0 aliphatic carbocycles. The van der Waals surface area contributed by atoms with Gasteiger partial charge in [-0.25, -0.2) is 9.78 Å². The second-order valence-corrected chi connectivity index (χ2v) is 5.91. The molecule has 0 saturated heterocycles. The lowest BCUT2D eigenvalue weighted by Crippen LogP contribution is -2.30. The molecule has 1 aromatic heterocycles. The van der Waals surface area contributed by atoms with E-state index in [1.165, 1.54) is 31.5 Å². The van der Waals surface area contributed by atoms with Gasteiger partial charge < -0.3 is 20.9 Å². The van der Waals surface area contributed by atoms with Gasteiger partial charge in [-0.05, 0) is 32.0 Å². The third kappa shape index (κ3) is 4.18. The van der Waals surface area contributed by atoms with Crippen molar-refractivity contribution in [3.05, 3.63) is 40.3 Å². The van der Waals surface area contributed by atoms with Crippen molar-refractivity contribution in [2.75, 3.05) is 18.2 Å². The number of carboxylic acid groups (broad SMARTS) is 1. The van der Waals surface area contributed by atoms with E-state index >= 15 is 0 Å². The number of aliphatic carboxylic acids is 1. The lowest BCUT2D eigenvalue weighted by Gasteiger charge is -2.15. The van der Waals surface area contributed by atoms with Crippen molar-refractivity contribution in [2.24, 2.45) is 0 Å². The molecular formula is C17H20N4O5. The van der Waals surface area contributed by atoms with Crippen LogP contribution in [0.25, 0.3) is 11.3 Å². The molecule has 0 atom stereocenters. The van der Waals surface area contributed by atoms with Gasteiger partial charge in [0, 0.05) is 17.3 Å². The third-order valence-corrected chi connectivity index (χ3v) is 3.45. The fourth-order valence-electron chi connectivity index (χ4n) is 2.42. The van der Waals surface area contributed by atoms with Crippen LogP contribution in [0.15, 0.2) is 29.2 Å². The highest BCUT2D eigenvalue weighted by Gasteiger charge is 2.17. The smallest absolute Gasteiger partial charge is 0.337 e. The summed E-state index contributed by atoms with van der Waals surface area (Å²) in [6.45, 7) is 3.10. The molecule has 0 fully saturated rings. The molecule has 0 aliphatic heterocycles. The number of hydrogen-bond donors (Lipinski definition) is 3. The van der Waals surface area contributed by atoms with Crippen LogP contribution in [0, 0.1) is 0 Å². The van der Waals surface area contributed by atoms with E-state index in [-0.39, 0.29) is 28.8 Å². The van der Waals surface area contributed by atoms with Crippen molar-refractivity contribution >= 4 is 23.4 Å². The maximum Gasteiger partial charge on any atom is 0.337 e. The van der Waals surface area contributed by atoms with Crippen LogP contribution in [0.4, 0.5) is 11.5 Å². The van der Waals surface area contributed by atoms with Crippen LogP contribution in [-0.4, -0.2) is 39.7 Å². The van der Waals surface area contributed by atoms with E-state index in [4.69, 9.17) is 5.73 Å². The molecule has 26 heavy (non-hydrogen) atoms. The molecule has 2 rings (SSSR count). The van der Waals surface area contributed by atoms with Crippen molar-refractivity contribution in [3.8, 4) is 11.3 Å². The van der Waals surface area contributed by atoms with E-state index in [0.717, 1.165) is 4.57 Å². The van der Waals surface area contributed by atoms with Gasteiger partial charge in [0.1, 0.15) is 6.54 Å². The average Bonchev–Trinajstić information content (AvgIpc) is 2.56. The van der Waals surface area contributed by atoms with Crippen molar-refractivity contribution < 1.29 is 19.4 Å². The largest absolute Gasteiger partial charge is 0.480 e. The van der Waals surface area contributed by atoms with Gasteiger partial charge >= 0.3 is 11.9 Å². The molecule has 0 saturated carbocycles. The fraction of sp³-hybridized carbons (Fsp3) is 0.294. The monoisotopic (exact) mass is 360 g/mol. The number of nitrogens with one attached hydrogen (secondary N) is 1. The normalized spacial score (nSPS) is 10.6. The Morgan fingerprint density at radius 1 is 1.35 bits per heavy atom. The molecule has 9 heteroatoms. The summed E-state index contributed by atoms with van der Waals surface area (Å²) in [7, 11) is 1.24. The summed E-state index contributed by atoms with van der Waals surface area (Å²) >= 11 is 0. The Hall–Kier alpha value is -3.36. The van der Waals surface area contributed by atoms with Gasteiger partial charge in [0.05, 0.1) is 24.6 Å². The van der Waals surface area contributed by atoms with Crippen molar-refractivity contribution in [1.82, 2.24) is 9.55 Å². The van der Waals surface area contributed by atoms with Crippen LogP contribution in [0.2, 0.25) is 0 Å². The second kappa shape index (κ2) is 7.68. The fourth-order valence-corrected chi connectivity index (χ4v) is 2.42. The van der Waals surface area contributed by atoms with Gasteiger partial charge in [-0.3, -0.25) is 14.2 Å². The molecule has 9 nitrogen and oxygen atoms in total. The van der Waals surface area contributed by atoms with Gasteiger partial charge in [-0.15, -0.1) is 0 Å². The van der Waals surface area contributed by atoms with Crippen molar-refractivity contribution in [2.45, 2.75) is 26.4 Å². The Balaban J connectivity index is 2.67. The molecule has 0 spiro atoms. The molecule has 0 amide bonds. The Kier molecular flexibility index (Phi) is 5.61. The zero-order valence-electron chi connectivity index (χ0n) is 14.6. The third-order valence-electron chi connectivity index (χ3n) is 3.45. The van der Waals surface area contributed by atoms with Crippen LogP contribution >= 0.6 is 0 Å². The maximum atomic E-state index is 12.6. The molecule has 0 radical (unpaired) electrons. The quantitative estimate of drug-likeness (QED) is 0.516. The number of nitrogens with two attached hydrogens (primary N) is 1. The van der Waals surface area contributed by atoms with Crippen LogP contribution in [0.1, 0.15) is 24.2 Å². The number of ether oxygens (including phenoxy) is 1. The highest BCUT2D eigenvalue weighted by Crippen LogP contribution is 2.23. The predicted octanol–water partition coefficient (Wildman–Crippen LogP) is 1.18. The first-order valence-electron chi connectivity index (χ1n) is 7.80. The zero-order valence-corrected chi connectivity index (χ0v) is 14.6. The number of benzene rings is 1. The molecule has 0 unspecified atom stereocenters. The molecule has 4 N–H and O–H groups in total. The van der Waals surface area contributed by atoms with Gasteiger partial charge in [-0.2, -0.15) is 0 Å². The zero-order chi connectivity index (χ0) is 19.4. The SMILES string of the molecule is COC(=O)c1cc(N)cc(-c2cnc(NC(C)C)c(=O)n2CC(=O)O)c1. The van der Waals surface area contributed by atoms with E-state index < -0.39 is 24.0 Å². The summed E-state index contributed by atoms with van der Waals surface area (Å²) in [6, 6.07) is 4.36. The minimum atomic E-state index is -1.19. The number of nitrogen functional groups attached to an aromatic ring is 1. The first kappa shape index (κ1) is 19.0. The molecule has 1 aromatic carbocycles. The van der Waals surface area contributed by atoms with E-state index in [9.17, 15) is 19.5 Å². The predicted molar refractivity (Wildman–Crippen MR) is 96.1 cm³/mol. The minimum absolute atomic E-state index is 0.0436. The average molecular weight is 360 g/mol. The number of rotatable bonds is 6. The highest BCUT2D eigenvalue weighted by molar-refractivity contribution is 5.92. The summed E-state index contributed by atoms with van der Waals surface area (Å²) in [4.78, 5) is 39.8. The minimum Gasteiger partial charge on any atom is -0.480 e. The van der Waals surface area contributed by atoms with Gasteiger partial charge in [0.25, 0.3) is 5.56 Å². The topological polar surface area (TPSA) is 137 Å². The lowest BCUT2D eigenvalue weighted by atomic mass is 10.1. The van der Waals surface area contributed by atoms with Crippen molar-refractivity contribution in [3.63, 3.8) is 0 Å². The number of nitrogens with zero attached hydrogens (tertiary/aromatic N) is 2. The number of methoxy groups -OCH3 is 1. The summed E-state index contributed by atoms with van der Waals surface area (Å²) in [6.07, 6.45) is 1.37.